The molecule has 1 rings (SSSR count). The second kappa shape index (κ2) is 6.18. The number of amides is 1. The minimum absolute atomic E-state index is 0.0475. The average Bonchev–Trinajstić information content (AvgIpc) is 2.76. The standard InChI is InChI=1S/C12H17N3O5/c1-4-7(2)10(12(17)18)13-11(16)8-5-6-9(14(8)3)15(19)20/h5-7,10H,4H2,1-3H3,(H,13,16)(H,17,18)/t7-,10-/m0/s1. The lowest BCUT2D eigenvalue weighted by Crippen LogP contribution is -2.45. The molecule has 0 aliphatic rings. The fraction of sp³-hybridized carbons (Fsp3) is 0.500. The van der Waals surface area contributed by atoms with Gasteiger partial charge in [0.2, 0.25) is 0 Å². The topological polar surface area (TPSA) is 114 Å². The van der Waals surface area contributed by atoms with E-state index < -0.39 is 22.8 Å². The van der Waals surface area contributed by atoms with Crippen LogP contribution >= 0.6 is 0 Å². The van der Waals surface area contributed by atoms with Crippen LogP contribution in [-0.4, -0.2) is 32.5 Å². The molecule has 2 atom stereocenters. The van der Waals surface area contributed by atoms with Crippen LogP contribution in [0.5, 0.6) is 0 Å². The highest BCUT2D eigenvalue weighted by atomic mass is 16.6. The number of hydrogen-bond donors (Lipinski definition) is 2. The molecule has 0 aliphatic heterocycles. The molecule has 0 unspecified atom stereocenters. The lowest BCUT2D eigenvalue weighted by molar-refractivity contribution is -0.391. The molecule has 8 nitrogen and oxygen atoms in total. The molecule has 1 amide bonds. The SMILES string of the molecule is CC[C@H](C)[C@H](NC(=O)c1ccc([N+](=O)[O-])n1C)C(=O)O. The fourth-order valence-corrected chi connectivity index (χ4v) is 1.81. The van der Waals surface area contributed by atoms with Gasteiger partial charge in [0.25, 0.3) is 5.91 Å². The van der Waals surface area contributed by atoms with Crippen LogP contribution in [0, 0.1) is 16.0 Å². The maximum Gasteiger partial charge on any atom is 0.326 e. The summed E-state index contributed by atoms with van der Waals surface area (Å²) < 4.78 is 1.12. The van der Waals surface area contributed by atoms with Crippen molar-refractivity contribution in [2.45, 2.75) is 26.3 Å². The van der Waals surface area contributed by atoms with E-state index in [0.717, 1.165) is 4.57 Å². The largest absolute Gasteiger partial charge is 0.480 e. The van der Waals surface area contributed by atoms with Gasteiger partial charge in [0.05, 0.1) is 7.05 Å². The zero-order valence-corrected chi connectivity index (χ0v) is 11.5. The van der Waals surface area contributed by atoms with Gasteiger partial charge >= 0.3 is 11.8 Å². The number of nitrogens with zero attached hydrogens (tertiary/aromatic N) is 2. The summed E-state index contributed by atoms with van der Waals surface area (Å²) in [5.41, 5.74) is 0.0475. The third kappa shape index (κ3) is 3.14. The van der Waals surface area contributed by atoms with Crippen molar-refractivity contribution in [2.24, 2.45) is 13.0 Å². The van der Waals surface area contributed by atoms with Crippen molar-refractivity contribution in [1.29, 1.82) is 0 Å². The molecule has 0 spiro atoms. The smallest absolute Gasteiger partial charge is 0.326 e. The van der Waals surface area contributed by atoms with E-state index in [-0.39, 0.29) is 17.4 Å². The summed E-state index contributed by atoms with van der Waals surface area (Å²) >= 11 is 0. The highest BCUT2D eigenvalue weighted by Gasteiger charge is 2.28. The van der Waals surface area contributed by atoms with Crippen LogP contribution < -0.4 is 5.32 Å². The molecule has 8 heteroatoms. The lowest BCUT2D eigenvalue weighted by Gasteiger charge is -2.19. The molecule has 0 fully saturated rings. The molecule has 0 saturated heterocycles. The first-order chi connectivity index (χ1) is 9.29. The monoisotopic (exact) mass is 283 g/mol. The Balaban J connectivity index is 2.95. The summed E-state index contributed by atoms with van der Waals surface area (Å²) in [5.74, 6) is -2.25. The Labute approximate surface area is 115 Å². The van der Waals surface area contributed by atoms with E-state index in [1.54, 1.807) is 6.92 Å². The molecule has 0 aromatic carbocycles. The lowest BCUT2D eigenvalue weighted by atomic mass is 9.99. The quantitative estimate of drug-likeness (QED) is 0.600. The van der Waals surface area contributed by atoms with E-state index in [0.29, 0.717) is 6.42 Å². The molecule has 1 aromatic rings. The summed E-state index contributed by atoms with van der Waals surface area (Å²) in [6.45, 7) is 3.53. The van der Waals surface area contributed by atoms with Gasteiger partial charge < -0.3 is 20.5 Å². The molecule has 0 radical (unpaired) electrons. The van der Waals surface area contributed by atoms with E-state index in [2.05, 4.69) is 5.32 Å². The number of carbonyl (C=O) groups excluding carboxylic acids is 1. The van der Waals surface area contributed by atoms with E-state index in [1.165, 1.54) is 19.2 Å². The van der Waals surface area contributed by atoms with E-state index in [1.807, 2.05) is 6.92 Å². The molecule has 0 saturated carbocycles. The molecule has 110 valence electrons. The minimum Gasteiger partial charge on any atom is -0.480 e. The number of carbonyl (C=O) groups is 2. The van der Waals surface area contributed by atoms with Gasteiger partial charge in [-0.2, -0.15) is 0 Å². The van der Waals surface area contributed by atoms with Gasteiger partial charge in [-0.3, -0.25) is 4.79 Å². The molecule has 2 N–H and O–H groups in total. The summed E-state index contributed by atoms with van der Waals surface area (Å²) in [6.07, 6.45) is 0.588. The van der Waals surface area contributed by atoms with Crippen LogP contribution in [0.25, 0.3) is 0 Å². The third-order valence-electron chi connectivity index (χ3n) is 3.28. The highest BCUT2D eigenvalue weighted by Crippen LogP contribution is 2.16. The molecule has 0 bridgehead atoms. The Morgan fingerprint density at radius 1 is 1.50 bits per heavy atom. The van der Waals surface area contributed by atoms with Crippen molar-refractivity contribution < 1.29 is 19.6 Å². The van der Waals surface area contributed by atoms with Crippen LogP contribution in [0.3, 0.4) is 0 Å². The third-order valence-corrected chi connectivity index (χ3v) is 3.28. The van der Waals surface area contributed by atoms with Crippen LogP contribution in [-0.2, 0) is 11.8 Å². The van der Waals surface area contributed by atoms with Crippen molar-refractivity contribution in [2.75, 3.05) is 0 Å². The Kier molecular flexibility index (Phi) is 4.84. The normalized spacial score (nSPS) is 13.6. The molecule has 1 heterocycles. The number of nitrogens with one attached hydrogen (secondary N) is 1. The zero-order valence-electron chi connectivity index (χ0n) is 11.5. The number of rotatable bonds is 6. The predicted octanol–water partition coefficient (Wildman–Crippen LogP) is 1.16. The second-order valence-electron chi connectivity index (χ2n) is 4.57. The van der Waals surface area contributed by atoms with Crippen LogP contribution in [0.1, 0.15) is 30.8 Å². The average molecular weight is 283 g/mol. The van der Waals surface area contributed by atoms with E-state index >= 15 is 0 Å². The molecule has 1 aromatic heterocycles. The molecule has 0 aliphatic carbocycles. The zero-order chi connectivity index (χ0) is 15.4. The van der Waals surface area contributed by atoms with Crippen molar-refractivity contribution >= 4 is 17.7 Å². The summed E-state index contributed by atoms with van der Waals surface area (Å²) in [7, 11) is 1.38. The number of nitro groups is 1. The van der Waals surface area contributed by atoms with Crippen LogP contribution in [0.2, 0.25) is 0 Å². The number of aliphatic carboxylic acids is 1. The van der Waals surface area contributed by atoms with Gasteiger partial charge in [-0.1, -0.05) is 20.3 Å². The Morgan fingerprint density at radius 2 is 2.10 bits per heavy atom. The second-order valence-corrected chi connectivity index (χ2v) is 4.57. The van der Waals surface area contributed by atoms with Crippen LogP contribution in [0.15, 0.2) is 12.1 Å². The number of carboxylic acid groups (broad SMARTS) is 1. The van der Waals surface area contributed by atoms with Gasteiger partial charge in [0.1, 0.15) is 6.04 Å². The van der Waals surface area contributed by atoms with Gasteiger partial charge in [0, 0.05) is 6.07 Å². The van der Waals surface area contributed by atoms with E-state index in [9.17, 15) is 19.7 Å². The van der Waals surface area contributed by atoms with Gasteiger partial charge in [-0.05, 0) is 16.9 Å². The number of carboxylic acids is 1. The summed E-state index contributed by atoms with van der Waals surface area (Å²) in [6, 6.07) is 1.47. The Hall–Kier alpha value is -2.38. The van der Waals surface area contributed by atoms with Crippen molar-refractivity contribution in [1.82, 2.24) is 9.88 Å². The maximum atomic E-state index is 12.0. The van der Waals surface area contributed by atoms with Crippen LogP contribution in [0.4, 0.5) is 5.82 Å². The van der Waals surface area contributed by atoms with Gasteiger partial charge in [-0.15, -0.1) is 0 Å². The Bertz CT molecular complexity index is 537. The van der Waals surface area contributed by atoms with Gasteiger partial charge in [0.15, 0.2) is 5.69 Å². The highest BCUT2D eigenvalue weighted by molar-refractivity contribution is 5.95. The van der Waals surface area contributed by atoms with Gasteiger partial charge in [-0.25, -0.2) is 9.36 Å². The predicted molar refractivity (Wildman–Crippen MR) is 70.4 cm³/mol. The van der Waals surface area contributed by atoms with Crippen molar-refractivity contribution in [3.8, 4) is 0 Å². The number of hydrogen-bond acceptors (Lipinski definition) is 4. The van der Waals surface area contributed by atoms with E-state index in [4.69, 9.17) is 5.11 Å². The minimum atomic E-state index is -1.13. The Morgan fingerprint density at radius 3 is 2.50 bits per heavy atom. The fourth-order valence-electron chi connectivity index (χ4n) is 1.81. The summed E-state index contributed by atoms with van der Waals surface area (Å²) in [5, 5.41) is 22.2. The van der Waals surface area contributed by atoms with Crippen molar-refractivity contribution in [3.05, 3.63) is 27.9 Å². The molecular weight excluding hydrogens is 266 g/mol. The summed E-state index contributed by atoms with van der Waals surface area (Å²) in [4.78, 5) is 33.2. The molecule has 20 heavy (non-hydrogen) atoms. The first kappa shape index (κ1) is 15.7. The first-order valence-corrected chi connectivity index (χ1v) is 6.13. The van der Waals surface area contributed by atoms with Crippen molar-refractivity contribution in [3.63, 3.8) is 0 Å². The number of aromatic nitrogens is 1. The maximum absolute atomic E-state index is 12.0. The first-order valence-electron chi connectivity index (χ1n) is 6.13. The molecular formula is C12H17N3O5.